The van der Waals surface area contributed by atoms with Crippen molar-refractivity contribution in [1.82, 2.24) is 14.5 Å². The average Bonchev–Trinajstić information content (AvgIpc) is 3.33. The van der Waals surface area contributed by atoms with Crippen molar-refractivity contribution in [2.24, 2.45) is 7.05 Å². The number of piperidine rings is 1. The summed E-state index contributed by atoms with van der Waals surface area (Å²) in [4.78, 5) is 7.93. The number of anilines is 2. The highest BCUT2D eigenvalue weighted by molar-refractivity contribution is 7.93. The minimum Gasteiger partial charge on any atom is -0.374 e. The normalized spacial score (nSPS) is 17.8. The molecular formula is C24H28F3N5O2S. The van der Waals surface area contributed by atoms with Gasteiger partial charge in [-0.05, 0) is 55.6 Å². The third-order valence-electron chi connectivity index (χ3n) is 7.01. The highest BCUT2D eigenvalue weighted by Crippen LogP contribution is 2.38. The number of likely N-dealkylation sites (N-methyl/N-ethyl adjacent to an activating group) is 1. The lowest BCUT2D eigenvalue weighted by atomic mass is 10.0. The van der Waals surface area contributed by atoms with E-state index in [1.807, 2.05) is 17.8 Å². The van der Waals surface area contributed by atoms with Crippen LogP contribution >= 0.6 is 0 Å². The fraction of sp³-hybridized carbons (Fsp3) is 0.458. The molecule has 0 radical (unpaired) electrons. The number of benzene rings is 1. The smallest absolute Gasteiger partial charge is 0.374 e. The number of alkyl halides is 3. The number of sulfonamides is 1. The van der Waals surface area contributed by atoms with E-state index in [2.05, 4.69) is 39.9 Å². The van der Waals surface area contributed by atoms with Gasteiger partial charge in [-0.3, -0.25) is 9.62 Å². The molecule has 1 fully saturated rings. The predicted octanol–water partition coefficient (Wildman–Crippen LogP) is 4.00. The Hall–Kier alpha value is -2.79. The van der Waals surface area contributed by atoms with E-state index < -0.39 is 28.0 Å². The molecule has 5 rings (SSSR count). The number of likely N-dealkylation sites (tertiary alicyclic amines) is 1. The van der Waals surface area contributed by atoms with Crippen molar-refractivity contribution in [3.05, 3.63) is 42.2 Å². The number of rotatable bonds is 5. The van der Waals surface area contributed by atoms with E-state index in [4.69, 9.17) is 0 Å². The zero-order chi connectivity index (χ0) is 25.0. The molecule has 2 aliphatic heterocycles. The largest absolute Gasteiger partial charge is 0.401 e. The van der Waals surface area contributed by atoms with Gasteiger partial charge in [-0.2, -0.15) is 13.2 Å². The van der Waals surface area contributed by atoms with E-state index in [1.165, 1.54) is 10.5 Å². The van der Waals surface area contributed by atoms with Crippen molar-refractivity contribution in [1.29, 1.82) is 0 Å². The van der Waals surface area contributed by atoms with Crippen LogP contribution in [0.25, 0.3) is 22.2 Å². The molecule has 2 aromatic heterocycles. The zero-order valence-corrected chi connectivity index (χ0v) is 20.5. The lowest BCUT2D eigenvalue weighted by molar-refractivity contribution is -0.147. The predicted molar refractivity (Wildman–Crippen MR) is 131 cm³/mol. The highest BCUT2D eigenvalue weighted by atomic mass is 32.2. The molecular weight excluding hydrogens is 479 g/mol. The number of nitrogens with zero attached hydrogens (tertiary/aromatic N) is 4. The maximum atomic E-state index is 13.3. The van der Waals surface area contributed by atoms with E-state index >= 15 is 0 Å². The van der Waals surface area contributed by atoms with Crippen LogP contribution < -0.4 is 9.62 Å². The van der Waals surface area contributed by atoms with Crippen LogP contribution in [0.4, 0.5) is 24.5 Å². The van der Waals surface area contributed by atoms with E-state index in [0.717, 1.165) is 29.8 Å². The van der Waals surface area contributed by atoms with Crippen LogP contribution in [0.1, 0.15) is 18.4 Å². The maximum Gasteiger partial charge on any atom is 0.401 e. The van der Waals surface area contributed by atoms with Crippen molar-refractivity contribution in [2.45, 2.75) is 30.7 Å². The summed E-state index contributed by atoms with van der Waals surface area (Å²) in [5.74, 6) is 0. The second-order valence-electron chi connectivity index (χ2n) is 9.46. The Morgan fingerprint density at radius 3 is 2.57 bits per heavy atom. The Morgan fingerprint density at radius 2 is 1.86 bits per heavy atom. The third kappa shape index (κ3) is 4.71. The summed E-state index contributed by atoms with van der Waals surface area (Å²) in [5, 5.41) is -0.0512. The molecule has 0 amide bonds. The molecule has 0 aliphatic carbocycles. The number of nitrogens with one attached hydrogen (secondary N) is 1. The van der Waals surface area contributed by atoms with Crippen LogP contribution in [-0.4, -0.2) is 67.5 Å². The molecule has 11 heteroatoms. The van der Waals surface area contributed by atoms with Gasteiger partial charge in [0.1, 0.15) is 5.65 Å². The van der Waals surface area contributed by atoms with Gasteiger partial charge in [-0.25, -0.2) is 13.4 Å². The van der Waals surface area contributed by atoms with E-state index in [-0.39, 0.29) is 25.9 Å². The fourth-order valence-corrected chi connectivity index (χ4v) is 6.66. The standard InChI is InChI=1S/C24H28F3N5O2S/c1-30-10-6-16-3-4-17(13-21(16)30)19-14-31(2)23-22(19)20(5-9-28-23)29-35(33,34)18-7-11-32(12-8-18)15-24(25,26)27/h3-5,9,13-14,18H,6-8,10-12,15H2,1-2H3,(H,28,29). The first kappa shape index (κ1) is 23.9. The number of aromatic nitrogens is 2. The summed E-state index contributed by atoms with van der Waals surface area (Å²) in [6.45, 7) is 0.135. The highest BCUT2D eigenvalue weighted by Gasteiger charge is 2.36. The molecule has 0 spiro atoms. The Balaban J connectivity index is 1.44. The van der Waals surface area contributed by atoms with Crippen molar-refractivity contribution in [2.75, 3.05) is 42.8 Å². The van der Waals surface area contributed by atoms with Crippen LogP contribution in [0.2, 0.25) is 0 Å². The van der Waals surface area contributed by atoms with Crippen LogP contribution in [-0.2, 0) is 23.5 Å². The summed E-state index contributed by atoms with van der Waals surface area (Å²) in [5.41, 5.74) is 5.36. The van der Waals surface area contributed by atoms with Gasteiger partial charge in [-0.1, -0.05) is 12.1 Å². The lowest BCUT2D eigenvalue weighted by Gasteiger charge is -2.32. The Bertz CT molecular complexity index is 1360. The van der Waals surface area contributed by atoms with E-state index in [9.17, 15) is 21.6 Å². The number of aryl methyl sites for hydroxylation is 1. The van der Waals surface area contributed by atoms with Gasteiger partial charge in [0.15, 0.2) is 0 Å². The summed E-state index contributed by atoms with van der Waals surface area (Å²) in [7, 11) is 0.117. The van der Waals surface area contributed by atoms with Gasteiger partial charge < -0.3 is 9.47 Å². The van der Waals surface area contributed by atoms with Crippen LogP contribution in [0.5, 0.6) is 0 Å². The molecule has 1 aromatic carbocycles. The van der Waals surface area contributed by atoms with Gasteiger partial charge in [0.05, 0.1) is 22.9 Å². The number of pyridine rings is 1. The van der Waals surface area contributed by atoms with Gasteiger partial charge in [0.2, 0.25) is 10.0 Å². The minimum atomic E-state index is -4.29. The summed E-state index contributed by atoms with van der Waals surface area (Å²) < 4.78 is 69.2. The topological polar surface area (TPSA) is 70.5 Å². The molecule has 35 heavy (non-hydrogen) atoms. The number of hydrogen-bond acceptors (Lipinski definition) is 5. The second-order valence-corrected chi connectivity index (χ2v) is 11.4. The molecule has 1 N–H and O–H groups in total. The van der Waals surface area contributed by atoms with Gasteiger partial charge in [-0.15, -0.1) is 0 Å². The van der Waals surface area contributed by atoms with Crippen LogP contribution in [0.15, 0.2) is 36.7 Å². The van der Waals surface area contributed by atoms with Crippen molar-refractivity contribution >= 4 is 32.4 Å². The lowest BCUT2D eigenvalue weighted by Crippen LogP contribution is -2.44. The van der Waals surface area contributed by atoms with E-state index in [1.54, 1.807) is 12.3 Å². The van der Waals surface area contributed by atoms with Crippen molar-refractivity contribution in [3.8, 4) is 11.1 Å². The van der Waals surface area contributed by atoms with Gasteiger partial charge in [0, 0.05) is 44.3 Å². The summed E-state index contributed by atoms with van der Waals surface area (Å²) in [6, 6.07) is 7.93. The molecule has 0 bridgehead atoms. The molecule has 0 unspecified atom stereocenters. The van der Waals surface area contributed by atoms with Gasteiger partial charge >= 0.3 is 6.18 Å². The quantitative estimate of drug-likeness (QED) is 0.565. The molecule has 4 heterocycles. The fourth-order valence-electron chi connectivity index (χ4n) is 5.18. The average molecular weight is 508 g/mol. The Morgan fingerprint density at radius 1 is 1.11 bits per heavy atom. The molecule has 1 saturated heterocycles. The molecule has 188 valence electrons. The van der Waals surface area contributed by atoms with Crippen LogP contribution in [0, 0.1) is 0 Å². The molecule has 7 nitrogen and oxygen atoms in total. The first-order valence-corrected chi connectivity index (χ1v) is 13.2. The summed E-state index contributed by atoms with van der Waals surface area (Å²) >= 11 is 0. The van der Waals surface area contributed by atoms with Crippen molar-refractivity contribution in [3.63, 3.8) is 0 Å². The second kappa shape index (κ2) is 8.70. The first-order chi connectivity index (χ1) is 16.5. The molecule has 0 atom stereocenters. The van der Waals surface area contributed by atoms with Crippen LogP contribution in [0.3, 0.4) is 0 Å². The number of halogens is 3. The van der Waals surface area contributed by atoms with Crippen molar-refractivity contribution < 1.29 is 21.6 Å². The Labute approximate surface area is 202 Å². The number of hydrogen-bond donors (Lipinski definition) is 1. The van der Waals surface area contributed by atoms with E-state index in [0.29, 0.717) is 16.7 Å². The maximum absolute atomic E-state index is 13.3. The zero-order valence-electron chi connectivity index (χ0n) is 19.6. The molecule has 0 saturated carbocycles. The molecule has 2 aliphatic rings. The SMILES string of the molecule is CN1CCc2ccc(-c3cn(C)c4nccc(NS(=O)(=O)C5CCN(CC(F)(F)F)CC5)c34)cc21. The Kier molecular flexibility index (Phi) is 5.95. The third-order valence-corrected chi connectivity index (χ3v) is 8.86. The first-order valence-electron chi connectivity index (χ1n) is 11.6. The van der Waals surface area contributed by atoms with Gasteiger partial charge in [0.25, 0.3) is 0 Å². The summed E-state index contributed by atoms with van der Waals surface area (Å²) in [6.07, 6.45) is 0.518. The monoisotopic (exact) mass is 507 g/mol. The molecule has 3 aromatic rings. The minimum absolute atomic E-state index is 0.0933. The number of fused-ring (bicyclic) bond motifs is 2.